The van der Waals surface area contributed by atoms with Gasteiger partial charge in [-0.15, -0.1) is 0 Å². The summed E-state index contributed by atoms with van der Waals surface area (Å²) < 4.78 is 26.4. The molecule has 0 bridgehead atoms. The SMILES string of the molecule is CC(C)CCCOc1ccc2c(OCCCC(C)C)c3ccccc3c(OCCCC(C)C)c2c1OCCCC(C)C. The van der Waals surface area contributed by atoms with E-state index in [-0.39, 0.29) is 0 Å². The third kappa shape index (κ3) is 10.3. The van der Waals surface area contributed by atoms with E-state index in [2.05, 4.69) is 91.8 Å². The largest absolute Gasteiger partial charge is 0.492 e. The molecule has 0 aliphatic rings. The molecule has 0 spiro atoms. The molecule has 3 aromatic rings. The van der Waals surface area contributed by atoms with Crippen molar-refractivity contribution in [3.8, 4) is 23.0 Å². The Morgan fingerprint density at radius 1 is 0.429 bits per heavy atom. The van der Waals surface area contributed by atoms with Gasteiger partial charge in [0.05, 0.1) is 31.8 Å². The third-order valence-corrected chi connectivity index (χ3v) is 7.71. The van der Waals surface area contributed by atoms with Gasteiger partial charge in [0, 0.05) is 16.2 Å². The lowest BCUT2D eigenvalue weighted by molar-refractivity contribution is 0.254. The molecule has 0 heterocycles. The van der Waals surface area contributed by atoms with Crippen molar-refractivity contribution in [2.45, 2.75) is 107 Å². The smallest absolute Gasteiger partial charge is 0.172 e. The Bertz CT molecular complexity index is 1210. The fraction of sp³-hybridized carbons (Fsp3) is 0.632. The molecule has 0 aromatic heterocycles. The molecule has 0 saturated carbocycles. The zero-order valence-corrected chi connectivity index (χ0v) is 27.9. The zero-order chi connectivity index (χ0) is 30.5. The van der Waals surface area contributed by atoms with Crippen molar-refractivity contribution >= 4 is 21.5 Å². The Labute approximate surface area is 256 Å². The van der Waals surface area contributed by atoms with Gasteiger partial charge in [0.15, 0.2) is 11.5 Å². The van der Waals surface area contributed by atoms with Crippen LogP contribution in [0.15, 0.2) is 36.4 Å². The second-order valence-corrected chi connectivity index (χ2v) is 13.6. The van der Waals surface area contributed by atoms with Gasteiger partial charge in [-0.25, -0.2) is 0 Å². The van der Waals surface area contributed by atoms with Gasteiger partial charge in [-0.1, -0.05) is 79.7 Å². The molecule has 0 N–H and O–H groups in total. The maximum Gasteiger partial charge on any atom is 0.172 e. The van der Waals surface area contributed by atoms with E-state index in [0.717, 1.165) is 95.9 Å². The fourth-order valence-electron chi connectivity index (χ4n) is 5.37. The van der Waals surface area contributed by atoms with Gasteiger partial charge in [-0.05, 0) is 87.2 Å². The van der Waals surface area contributed by atoms with Gasteiger partial charge in [-0.3, -0.25) is 0 Å². The van der Waals surface area contributed by atoms with Crippen LogP contribution in [0.5, 0.6) is 23.0 Å². The Morgan fingerprint density at radius 2 is 0.833 bits per heavy atom. The molecule has 0 radical (unpaired) electrons. The zero-order valence-electron chi connectivity index (χ0n) is 27.9. The Kier molecular flexibility index (Phi) is 14.1. The first-order valence-corrected chi connectivity index (χ1v) is 16.7. The molecule has 0 saturated heterocycles. The van der Waals surface area contributed by atoms with Crippen LogP contribution in [-0.2, 0) is 0 Å². The summed E-state index contributed by atoms with van der Waals surface area (Å²) in [7, 11) is 0. The summed E-state index contributed by atoms with van der Waals surface area (Å²) in [6.07, 6.45) is 8.59. The Balaban J connectivity index is 2.14. The van der Waals surface area contributed by atoms with E-state index in [0.29, 0.717) is 50.1 Å². The number of hydrogen-bond donors (Lipinski definition) is 0. The third-order valence-electron chi connectivity index (χ3n) is 7.71. The lowest BCUT2D eigenvalue weighted by Gasteiger charge is -2.22. The summed E-state index contributed by atoms with van der Waals surface area (Å²) in [4.78, 5) is 0. The van der Waals surface area contributed by atoms with Crippen LogP contribution in [0.3, 0.4) is 0 Å². The van der Waals surface area contributed by atoms with Crippen LogP contribution >= 0.6 is 0 Å². The summed E-state index contributed by atoms with van der Waals surface area (Å²) in [5.41, 5.74) is 0. The van der Waals surface area contributed by atoms with Crippen molar-refractivity contribution in [3.05, 3.63) is 36.4 Å². The first kappa shape index (κ1) is 33.9. The number of ether oxygens (including phenoxy) is 4. The molecule has 0 amide bonds. The number of fused-ring (bicyclic) bond motifs is 2. The number of benzene rings is 3. The molecule has 3 aromatic carbocycles. The predicted molar refractivity (Wildman–Crippen MR) is 180 cm³/mol. The quantitative estimate of drug-likeness (QED) is 0.0987. The highest BCUT2D eigenvalue weighted by Gasteiger charge is 2.23. The molecule has 42 heavy (non-hydrogen) atoms. The second kappa shape index (κ2) is 17.5. The lowest BCUT2D eigenvalue weighted by atomic mass is 9.99. The molecular weight excluding hydrogens is 520 g/mol. The lowest BCUT2D eigenvalue weighted by Crippen LogP contribution is -2.07. The van der Waals surface area contributed by atoms with Crippen molar-refractivity contribution in [1.82, 2.24) is 0 Å². The van der Waals surface area contributed by atoms with Crippen molar-refractivity contribution in [2.75, 3.05) is 26.4 Å². The van der Waals surface area contributed by atoms with E-state index in [1.165, 1.54) is 0 Å². The maximum absolute atomic E-state index is 6.70. The van der Waals surface area contributed by atoms with Crippen LogP contribution in [0.25, 0.3) is 21.5 Å². The minimum atomic E-state index is 0.641. The first-order chi connectivity index (χ1) is 20.2. The average Bonchev–Trinajstić information content (AvgIpc) is 2.94. The average molecular weight is 579 g/mol. The second-order valence-electron chi connectivity index (χ2n) is 13.6. The summed E-state index contributed by atoms with van der Waals surface area (Å²) in [5.74, 6) is 5.98. The standard InChI is InChI=1S/C38H58O4/c1-27(2)15-11-23-39-34-22-21-33-35(38(34)42-26-14-18-30(7)8)37(41-25-13-17-29(5)6)32-20-10-9-19-31(32)36(33)40-24-12-16-28(3)4/h9-10,19-22,27-30H,11-18,23-26H2,1-8H3. The highest BCUT2D eigenvalue weighted by molar-refractivity contribution is 6.13. The van der Waals surface area contributed by atoms with Crippen molar-refractivity contribution in [2.24, 2.45) is 23.7 Å². The van der Waals surface area contributed by atoms with Crippen LogP contribution in [0.4, 0.5) is 0 Å². The minimum absolute atomic E-state index is 0.641. The van der Waals surface area contributed by atoms with Crippen molar-refractivity contribution in [3.63, 3.8) is 0 Å². The molecular formula is C38H58O4. The van der Waals surface area contributed by atoms with E-state index >= 15 is 0 Å². The summed E-state index contributed by atoms with van der Waals surface area (Å²) in [5, 5.41) is 4.16. The van der Waals surface area contributed by atoms with E-state index in [1.807, 2.05) is 0 Å². The topological polar surface area (TPSA) is 36.9 Å². The number of hydrogen-bond acceptors (Lipinski definition) is 4. The molecule has 0 fully saturated rings. The van der Waals surface area contributed by atoms with Crippen LogP contribution < -0.4 is 18.9 Å². The molecule has 0 atom stereocenters. The van der Waals surface area contributed by atoms with Crippen molar-refractivity contribution in [1.29, 1.82) is 0 Å². The first-order valence-electron chi connectivity index (χ1n) is 16.7. The van der Waals surface area contributed by atoms with Crippen LogP contribution in [-0.4, -0.2) is 26.4 Å². The van der Waals surface area contributed by atoms with Gasteiger partial charge in [0.25, 0.3) is 0 Å². The summed E-state index contributed by atoms with van der Waals surface area (Å²) in [6, 6.07) is 12.7. The Morgan fingerprint density at radius 3 is 1.31 bits per heavy atom. The molecule has 3 rings (SSSR count). The monoisotopic (exact) mass is 578 g/mol. The molecule has 4 nitrogen and oxygen atoms in total. The highest BCUT2D eigenvalue weighted by atomic mass is 16.5. The predicted octanol–water partition coefficient (Wildman–Crippen LogP) is 11.3. The van der Waals surface area contributed by atoms with Crippen LogP contribution in [0.1, 0.15) is 107 Å². The Hall–Kier alpha value is -2.62. The summed E-state index contributed by atoms with van der Waals surface area (Å²) in [6.45, 7) is 20.8. The normalized spacial score (nSPS) is 11.9. The minimum Gasteiger partial charge on any atom is -0.492 e. The van der Waals surface area contributed by atoms with Crippen LogP contribution in [0.2, 0.25) is 0 Å². The van der Waals surface area contributed by atoms with E-state index in [4.69, 9.17) is 18.9 Å². The number of rotatable bonds is 20. The van der Waals surface area contributed by atoms with Gasteiger partial charge < -0.3 is 18.9 Å². The fourth-order valence-corrected chi connectivity index (χ4v) is 5.37. The van der Waals surface area contributed by atoms with E-state index < -0.39 is 0 Å². The highest BCUT2D eigenvalue weighted by Crippen LogP contribution is 2.50. The van der Waals surface area contributed by atoms with Gasteiger partial charge >= 0.3 is 0 Å². The molecule has 4 heteroatoms. The van der Waals surface area contributed by atoms with Crippen molar-refractivity contribution < 1.29 is 18.9 Å². The molecule has 0 aliphatic heterocycles. The maximum atomic E-state index is 6.70. The molecule has 0 unspecified atom stereocenters. The van der Waals surface area contributed by atoms with Gasteiger partial charge in [-0.2, -0.15) is 0 Å². The van der Waals surface area contributed by atoms with E-state index in [1.54, 1.807) is 0 Å². The van der Waals surface area contributed by atoms with Gasteiger partial charge in [0.2, 0.25) is 0 Å². The van der Waals surface area contributed by atoms with E-state index in [9.17, 15) is 0 Å². The summed E-state index contributed by atoms with van der Waals surface area (Å²) >= 11 is 0. The molecule has 0 aliphatic carbocycles. The van der Waals surface area contributed by atoms with Crippen LogP contribution in [0, 0.1) is 23.7 Å². The molecule has 234 valence electrons. The van der Waals surface area contributed by atoms with Gasteiger partial charge in [0.1, 0.15) is 11.5 Å².